The van der Waals surface area contributed by atoms with E-state index >= 15 is 0 Å². The van der Waals surface area contributed by atoms with Crippen molar-refractivity contribution >= 4 is 27.7 Å². The van der Waals surface area contributed by atoms with Gasteiger partial charge in [0.15, 0.2) is 5.78 Å². The minimum atomic E-state index is -1.07. The summed E-state index contributed by atoms with van der Waals surface area (Å²) in [4.78, 5) is 25.8. The van der Waals surface area contributed by atoms with Crippen molar-refractivity contribution in [1.82, 2.24) is 0 Å². The number of hydrogen-bond donors (Lipinski definition) is 0. The van der Waals surface area contributed by atoms with E-state index in [9.17, 15) is 9.59 Å². The lowest BCUT2D eigenvalue weighted by molar-refractivity contribution is -0.177. The molecule has 25 heavy (non-hydrogen) atoms. The summed E-state index contributed by atoms with van der Waals surface area (Å²) in [6, 6.07) is 0. The fourth-order valence-corrected chi connectivity index (χ4v) is 5.14. The zero-order valence-electron chi connectivity index (χ0n) is 16.1. The van der Waals surface area contributed by atoms with Gasteiger partial charge in [-0.2, -0.15) is 0 Å². The van der Waals surface area contributed by atoms with E-state index in [1.807, 2.05) is 12.2 Å². The summed E-state index contributed by atoms with van der Waals surface area (Å²) in [5.74, 6) is -0.400. The molecular formula is C20H31BrO4. The van der Waals surface area contributed by atoms with Gasteiger partial charge in [-0.3, -0.25) is 9.59 Å². The molecule has 2 saturated carbocycles. The molecule has 2 aliphatic rings. The minimum Gasteiger partial charge on any atom is -0.468 e. The molecule has 142 valence electrons. The van der Waals surface area contributed by atoms with Crippen molar-refractivity contribution in [3.8, 4) is 0 Å². The number of ether oxygens (including phenoxy) is 2. The van der Waals surface area contributed by atoms with Crippen LogP contribution in [-0.4, -0.2) is 35.9 Å². The summed E-state index contributed by atoms with van der Waals surface area (Å²) >= 11 is 3.36. The van der Waals surface area contributed by atoms with Crippen LogP contribution in [0.25, 0.3) is 0 Å². The van der Waals surface area contributed by atoms with Crippen molar-refractivity contribution in [2.45, 2.75) is 71.5 Å². The van der Waals surface area contributed by atoms with Crippen LogP contribution in [0.3, 0.4) is 0 Å². The Balaban J connectivity index is 2.43. The lowest BCUT2D eigenvalue weighted by Gasteiger charge is -2.49. The van der Waals surface area contributed by atoms with Gasteiger partial charge in [0.1, 0.15) is 5.41 Å². The highest BCUT2D eigenvalue weighted by Crippen LogP contribution is 2.61. The number of fused-ring (bicyclic) bond motifs is 1. The number of methoxy groups -OCH3 is 1. The molecule has 0 aliphatic heterocycles. The van der Waals surface area contributed by atoms with E-state index in [2.05, 4.69) is 43.6 Å². The number of halogens is 1. The molecule has 4 nitrogen and oxygen atoms in total. The molecule has 0 spiro atoms. The Hall–Kier alpha value is -0.680. The summed E-state index contributed by atoms with van der Waals surface area (Å²) in [6.45, 7) is 8.37. The average Bonchev–Trinajstić information content (AvgIpc) is 2.85. The molecule has 0 amide bonds. The highest BCUT2D eigenvalue weighted by atomic mass is 79.9. The molecule has 2 aliphatic carbocycles. The number of ketones is 1. The number of rotatable bonds is 5. The van der Waals surface area contributed by atoms with Gasteiger partial charge in [0.05, 0.1) is 18.8 Å². The monoisotopic (exact) mass is 414 g/mol. The first-order valence-corrected chi connectivity index (χ1v) is 10.2. The third-order valence-corrected chi connectivity index (χ3v) is 6.35. The molecule has 4 atom stereocenters. The topological polar surface area (TPSA) is 52.6 Å². The van der Waals surface area contributed by atoms with Crippen LogP contribution in [0.2, 0.25) is 0 Å². The molecule has 2 fully saturated rings. The van der Waals surface area contributed by atoms with Crippen LogP contribution >= 0.6 is 15.9 Å². The second kappa shape index (κ2) is 7.51. The van der Waals surface area contributed by atoms with Crippen LogP contribution < -0.4 is 0 Å². The Morgan fingerprint density at radius 2 is 2.00 bits per heavy atom. The van der Waals surface area contributed by atoms with E-state index in [4.69, 9.17) is 9.47 Å². The van der Waals surface area contributed by atoms with Crippen molar-refractivity contribution in [3.63, 3.8) is 0 Å². The molecule has 0 radical (unpaired) electrons. The van der Waals surface area contributed by atoms with Crippen molar-refractivity contribution in [2.75, 3.05) is 12.4 Å². The maximum atomic E-state index is 13.0. The van der Waals surface area contributed by atoms with E-state index < -0.39 is 5.41 Å². The molecule has 0 aromatic rings. The van der Waals surface area contributed by atoms with Gasteiger partial charge in [0, 0.05) is 11.8 Å². The molecule has 0 bridgehead atoms. The van der Waals surface area contributed by atoms with Crippen molar-refractivity contribution in [2.24, 2.45) is 16.7 Å². The van der Waals surface area contributed by atoms with Gasteiger partial charge in [-0.05, 0) is 57.8 Å². The Bertz CT molecular complexity index is 540. The Kier molecular flexibility index (Phi) is 6.20. The maximum Gasteiger partial charge on any atom is 0.319 e. The van der Waals surface area contributed by atoms with Gasteiger partial charge < -0.3 is 9.47 Å². The number of carbonyl (C=O) groups excluding carboxylic acids is 2. The van der Waals surface area contributed by atoms with Crippen LogP contribution in [-0.2, 0) is 19.1 Å². The molecule has 0 aromatic heterocycles. The Morgan fingerprint density at radius 3 is 2.56 bits per heavy atom. The molecule has 2 rings (SSSR count). The van der Waals surface area contributed by atoms with E-state index in [-0.39, 0.29) is 34.8 Å². The van der Waals surface area contributed by atoms with E-state index in [1.54, 1.807) is 0 Å². The van der Waals surface area contributed by atoms with Gasteiger partial charge in [-0.15, -0.1) is 0 Å². The van der Waals surface area contributed by atoms with Crippen LogP contribution in [0, 0.1) is 16.7 Å². The number of allylic oxidation sites excluding steroid dienone is 2. The number of hydrogen-bond acceptors (Lipinski definition) is 4. The Morgan fingerprint density at radius 1 is 1.32 bits per heavy atom. The highest BCUT2D eigenvalue weighted by Gasteiger charge is 2.65. The number of Topliss-reactive ketones (excluding diaryl/α,β-unsaturated/α-hetero) is 1. The fourth-order valence-electron chi connectivity index (χ4n) is 4.88. The third-order valence-electron chi connectivity index (χ3n) is 5.97. The zero-order valence-corrected chi connectivity index (χ0v) is 17.6. The van der Waals surface area contributed by atoms with E-state index in [0.717, 1.165) is 19.3 Å². The summed E-state index contributed by atoms with van der Waals surface area (Å²) in [7, 11) is 1.38. The standard InChI is InChI=1S/C20H31BrO4/c1-18(2,3)25-16-9-8-14-19(16,4)12-10-15(22)20(14,17(23)24-5)11-6-7-13-21/h6-7,14,16H,8-13H2,1-5H3/b7-6+/t14-,16+,19+,20?/m0/s1. The van der Waals surface area contributed by atoms with Gasteiger partial charge in [0.2, 0.25) is 0 Å². The molecule has 0 N–H and O–H groups in total. The van der Waals surface area contributed by atoms with Crippen LogP contribution in [0.15, 0.2) is 12.2 Å². The van der Waals surface area contributed by atoms with Crippen molar-refractivity contribution in [3.05, 3.63) is 12.2 Å². The third kappa shape index (κ3) is 3.73. The smallest absolute Gasteiger partial charge is 0.319 e. The second-order valence-corrected chi connectivity index (χ2v) is 9.22. The van der Waals surface area contributed by atoms with Crippen LogP contribution in [0.4, 0.5) is 0 Å². The molecule has 0 saturated heterocycles. The lowest BCUT2D eigenvalue weighted by atomic mass is 9.54. The number of esters is 1. The minimum absolute atomic E-state index is 0.0254. The van der Waals surface area contributed by atoms with Crippen LogP contribution in [0.1, 0.15) is 59.8 Å². The Labute approximate surface area is 159 Å². The van der Waals surface area contributed by atoms with Crippen molar-refractivity contribution in [1.29, 1.82) is 0 Å². The number of carbonyl (C=O) groups is 2. The number of alkyl halides is 1. The molecule has 5 heteroatoms. The lowest BCUT2D eigenvalue weighted by Crippen LogP contribution is -2.56. The largest absolute Gasteiger partial charge is 0.468 e. The van der Waals surface area contributed by atoms with E-state index in [0.29, 0.717) is 18.2 Å². The van der Waals surface area contributed by atoms with Crippen LogP contribution in [0.5, 0.6) is 0 Å². The van der Waals surface area contributed by atoms with E-state index in [1.165, 1.54) is 7.11 Å². The van der Waals surface area contributed by atoms with Crippen molar-refractivity contribution < 1.29 is 19.1 Å². The quantitative estimate of drug-likeness (QED) is 0.288. The average molecular weight is 415 g/mol. The maximum absolute atomic E-state index is 13.0. The summed E-state index contributed by atoms with van der Waals surface area (Å²) < 4.78 is 11.5. The summed E-state index contributed by atoms with van der Waals surface area (Å²) in [6.07, 6.45) is 7.25. The first-order valence-electron chi connectivity index (χ1n) is 9.12. The molecule has 0 aromatic carbocycles. The SMILES string of the molecule is COC(=O)C1(C/C=C/CBr)C(=O)CC[C@]2(C)[C@@H]1CC[C@H]2OC(C)(C)C. The molecular weight excluding hydrogens is 384 g/mol. The second-order valence-electron chi connectivity index (χ2n) is 8.57. The predicted molar refractivity (Wildman–Crippen MR) is 102 cm³/mol. The van der Waals surface area contributed by atoms with Gasteiger partial charge in [-0.25, -0.2) is 0 Å². The van der Waals surface area contributed by atoms with Gasteiger partial charge >= 0.3 is 5.97 Å². The predicted octanol–water partition coefficient (Wildman–Crippen LogP) is 4.45. The molecule has 0 heterocycles. The first kappa shape index (κ1) is 20.6. The highest BCUT2D eigenvalue weighted by molar-refractivity contribution is 9.09. The normalized spacial score (nSPS) is 35.8. The first-order chi connectivity index (χ1) is 11.6. The van der Waals surface area contributed by atoms with Gasteiger partial charge in [0.25, 0.3) is 0 Å². The van der Waals surface area contributed by atoms with Gasteiger partial charge in [-0.1, -0.05) is 35.0 Å². The summed E-state index contributed by atoms with van der Waals surface area (Å²) in [5.41, 5.74) is -1.50. The zero-order chi connectivity index (χ0) is 18.9. The summed E-state index contributed by atoms with van der Waals surface area (Å²) in [5, 5.41) is 0.705. The fraction of sp³-hybridized carbons (Fsp3) is 0.800. The molecule has 1 unspecified atom stereocenters.